The van der Waals surface area contributed by atoms with Crippen molar-refractivity contribution in [2.24, 2.45) is 5.92 Å². The van der Waals surface area contributed by atoms with Crippen LogP contribution in [0.3, 0.4) is 0 Å². The first-order chi connectivity index (χ1) is 7.77. The highest BCUT2D eigenvalue weighted by Gasteiger charge is 2.08. The molecule has 16 heavy (non-hydrogen) atoms. The fourth-order valence-corrected chi connectivity index (χ4v) is 1.75. The average Bonchev–Trinajstić information content (AvgIpc) is 2.28. The van der Waals surface area contributed by atoms with Gasteiger partial charge in [0.2, 0.25) is 0 Å². The van der Waals surface area contributed by atoms with E-state index in [4.69, 9.17) is 10.8 Å². The first kappa shape index (κ1) is 12.8. The molecule has 1 aromatic rings. The first-order valence-electron chi connectivity index (χ1n) is 5.83. The lowest BCUT2D eigenvalue weighted by molar-refractivity contribution is 0.255. The number of anilines is 2. The number of nitrogens with one attached hydrogen (secondary N) is 1. The molecule has 0 bridgehead atoms. The second-order valence-corrected chi connectivity index (χ2v) is 3.99. The van der Waals surface area contributed by atoms with E-state index in [1.165, 1.54) is 0 Å². The standard InChI is InChI=1S/C12H21N3O/c1-2-4-10(6-8-16)9-15-12-11(13)5-3-7-14-12/h3,5,7,10,16H,2,4,6,8-9,13H2,1H3,(H,14,15). The van der Waals surface area contributed by atoms with Gasteiger partial charge in [-0.25, -0.2) is 4.98 Å². The number of pyridine rings is 1. The van der Waals surface area contributed by atoms with Crippen molar-refractivity contribution in [2.45, 2.75) is 26.2 Å². The van der Waals surface area contributed by atoms with Gasteiger partial charge in [0, 0.05) is 19.3 Å². The van der Waals surface area contributed by atoms with Crippen LogP contribution in [0.1, 0.15) is 26.2 Å². The van der Waals surface area contributed by atoms with Crippen LogP contribution in [-0.2, 0) is 0 Å². The lowest BCUT2D eigenvalue weighted by Gasteiger charge is -2.16. The van der Waals surface area contributed by atoms with E-state index in [1.807, 2.05) is 12.1 Å². The molecule has 0 spiro atoms. The fraction of sp³-hybridized carbons (Fsp3) is 0.583. The molecule has 1 aromatic heterocycles. The van der Waals surface area contributed by atoms with Gasteiger partial charge in [-0.05, 0) is 30.9 Å². The zero-order valence-corrected chi connectivity index (χ0v) is 9.82. The van der Waals surface area contributed by atoms with Gasteiger partial charge < -0.3 is 16.2 Å². The number of hydrogen-bond donors (Lipinski definition) is 3. The summed E-state index contributed by atoms with van der Waals surface area (Å²) in [5.74, 6) is 1.22. The molecule has 0 saturated heterocycles. The number of nitrogens with zero attached hydrogens (tertiary/aromatic N) is 1. The topological polar surface area (TPSA) is 71.2 Å². The smallest absolute Gasteiger partial charge is 0.149 e. The molecule has 0 aliphatic heterocycles. The second kappa shape index (κ2) is 7.06. The van der Waals surface area contributed by atoms with E-state index in [2.05, 4.69) is 17.2 Å². The normalized spacial score (nSPS) is 12.4. The van der Waals surface area contributed by atoms with Crippen molar-refractivity contribution in [3.8, 4) is 0 Å². The van der Waals surface area contributed by atoms with Gasteiger partial charge in [-0.2, -0.15) is 0 Å². The second-order valence-electron chi connectivity index (χ2n) is 3.99. The van der Waals surface area contributed by atoms with Gasteiger partial charge in [0.25, 0.3) is 0 Å². The van der Waals surface area contributed by atoms with Crippen LogP contribution in [-0.4, -0.2) is 23.2 Å². The Morgan fingerprint density at radius 2 is 2.31 bits per heavy atom. The van der Waals surface area contributed by atoms with Crippen LogP contribution in [0.15, 0.2) is 18.3 Å². The summed E-state index contributed by atoms with van der Waals surface area (Å²) >= 11 is 0. The Morgan fingerprint density at radius 3 is 2.94 bits per heavy atom. The highest BCUT2D eigenvalue weighted by molar-refractivity contribution is 5.60. The predicted octanol–water partition coefficient (Wildman–Crippen LogP) is 1.87. The van der Waals surface area contributed by atoms with Crippen LogP contribution in [0.4, 0.5) is 11.5 Å². The van der Waals surface area contributed by atoms with E-state index in [0.717, 1.165) is 31.6 Å². The molecule has 0 aliphatic rings. The Bertz CT molecular complexity index is 298. The van der Waals surface area contributed by atoms with E-state index < -0.39 is 0 Å². The van der Waals surface area contributed by atoms with Crippen molar-refractivity contribution in [2.75, 3.05) is 24.2 Å². The van der Waals surface area contributed by atoms with E-state index in [1.54, 1.807) is 6.20 Å². The highest BCUT2D eigenvalue weighted by atomic mass is 16.3. The molecule has 0 aromatic carbocycles. The summed E-state index contributed by atoms with van der Waals surface area (Å²) in [5, 5.41) is 12.2. The van der Waals surface area contributed by atoms with Crippen molar-refractivity contribution < 1.29 is 5.11 Å². The Hall–Kier alpha value is -1.29. The molecule has 1 heterocycles. The highest BCUT2D eigenvalue weighted by Crippen LogP contribution is 2.16. The van der Waals surface area contributed by atoms with E-state index in [-0.39, 0.29) is 6.61 Å². The Kier molecular flexibility index (Phi) is 5.64. The number of aliphatic hydroxyl groups excluding tert-OH is 1. The zero-order chi connectivity index (χ0) is 11.8. The van der Waals surface area contributed by atoms with Crippen LogP contribution >= 0.6 is 0 Å². The summed E-state index contributed by atoms with van der Waals surface area (Å²) in [6, 6.07) is 3.65. The molecule has 4 nitrogen and oxygen atoms in total. The fourth-order valence-electron chi connectivity index (χ4n) is 1.75. The molecule has 0 radical (unpaired) electrons. The summed E-state index contributed by atoms with van der Waals surface area (Å²) < 4.78 is 0. The first-order valence-corrected chi connectivity index (χ1v) is 5.83. The summed E-state index contributed by atoms with van der Waals surface area (Å²) in [4.78, 5) is 4.17. The van der Waals surface area contributed by atoms with Gasteiger partial charge >= 0.3 is 0 Å². The number of aliphatic hydroxyl groups is 1. The van der Waals surface area contributed by atoms with Crippen molar-refractivity contribution >= 4 is 11.5 Å². The molecule has 1 atom stereocenters. The van der Waals surface area contributed by atoms with Gasteiger partial charge in [0.1, 0.15) is 5.82 Å². The van der Waals surface area contributed by atoms with Crippen LogP contribution in [0.5, 0.6) is 0 Å². The summed E-state index contributed by atoms with van der Waals surface area (Å²) in [7, 11) is 0. The minimum atomic E-state index is 0.240. The third kappa shape index (κ3) is 4.06. The lowest BCUT2D eigenvalue weighted by atomic mass is 10.0. The molecule has 0 saturated carbocycles. The summed E-state index contributed by atoms with van der Waals surface area (Å²) in [5.41, 5.74) is 6.45. The third-order valence-corrected chi connectivity index (χ3v) is 2.63. The van der Waals surface area contributed by atoms with Gasteiger partial charge in [-0.15, -0.1) is 0 Å². The minimum Gasteiger partial charge on any atom is -0.396 e. The van der Waals surface area contributed by atoms with Crippen LogP contribution < -0.4 is 11.1 Å². The van der Waals surface area contributed by atoms with E-state index in [0.29, 0.717) is 11.6 Å². The lowest BCUT2D eigenvalue weighted by Crippen LogP contribution is -2.17. The molecule has 4 heteroatoms. The molecule has 4 N–H and O–H groups in total. The molecule has 0 fully saturated rings. The average molecular weight is 223 g/mol. The monoisotopic (exact) mass is 223 g/mol. The maximum atomic E-state index is 8.95. The number of nitrogen functional groups attached to an aromatic ring is 1. The summed E-state index contributed by atoms with van der Waals surface area (Å²) in [6.45, 7) is 3.21. The van der Waals surface area contributed by atoms with E-state index >= 15 is 0 Å². The Balaban J connectivity index is 2.45. The molecule has 0 amide bonds. The zero-order valence-electron chi connectivity index (χ0n) is 9.82. The molecule has 1 unspecified atom stereocenters. The Labute approximate surface area is 96.9 Å². The van der Waals surface area contributed by atoms with Crippen molar-refractivity contribution in [3.63, 3.8) is 0 Å². The van der Waals surface area contributed by atoms with Crippen molar-refractivity contribution in [1.29, 1.82) is 0 Å². The molecular weight excluding hydrogens is 202 g/mol. The van der Waals surface area contributed by atoms with Crippen molar-refractivity contribution in [3.05, 3.63) is 18.3 Å². The molecule has 0 aliphatic carbocycles. The molecule has 1 rings (SSSR count). The van der Waals surface area contributed by atoms with E-state index in [9.17, 15) is 0 Å². The van der Waals surface area contributed by atoms with Gasteiger partial charge in [0.05, 0.1) is 5.69 Å². The minimum absolute atomic E-state index is 0.240. The Morgan fingerprint density at radius 1 is 1.50 bits per heavy atom. The van der Waals surface area contributed by atoms with Gasteiger partial charge in [-0.3, -0.25) is 0 Å². The SMILES string of the molecule is CCCC(CCO)CNc1ncccc1N. The van der Waals surface area contributed by atoms with Gasteiger partial charge in [-0.1, -0.05) is 13.3 Å². The maximum absolute atomic E-state index is 8.95. The predicted molar refractivity (Wildman–Crippen MR) is 67.2 cm³/mol. The molecule has 90 valence electrons. The maximum Gasteiger partial charge on any atom is 0.149 e. The largest absolute Gasteiger partial charge is 0.396 e. The van der Waals surface area contributed by atoms with Crippen LogP contribution in [0.2, 0.25) is 0 Å². The third-order valence-electron chi connectivity index (χ3n) is 2.63. The number of aromatic nitrogens is 1. The summed E-state index contributed by atoms with van der Waals surface area (Å²) in [6.07, 6.45) is 4.79. The number of hydrogen-bond acceptors (Lipinski definition) is 4. The van der Waals surface area contributed by atoms with Crippen LogP contribution in [0, 0.1) is 5.92 Å². The van der Waals surface area contributed by atoms with Crippen LogP contribution in [0.25, 0.3) is 0 Å². The van der Waals surface area contributed by atoms with Gasteiger partial charge in [0.15, 0.2) is 0 Å². The number of rotatable bonds is 7. The molecular formula is C12H21N3O. The quantitative estimate of drug-likeness (QED) is 0.660. The number of nitrogens with two attached hydrogens (primary N) is 1. The van der Waals surface area contributed by atoms with Crippen molar-refractivity contribution in [1.82, 2.24) is 4.98 Å².